The lowest BCUT2D eigenvalue weighted by molar-refractivity contribution is -0.114. The van der Waals surface area contributed by atoms with Crippen molar-refractivity contribution >= 4 is 45.7 Å². The van der Waals surface area contributed by atoms with Gasteiger partial charge in [0.2, 0.25) is 5.91 Å². The number of aromatic nitrogens is 1. The summed E-state index contributed by atoms with van der Waals surface area (Å²) in [6.45, 7) is 1.42. The van der Waals surface area contributed by atoms with Gasteiger partial charge in [0.25, 0.3) is 5.91 Å². The Morgan fingerprint density at radius 1 is 1.00 bits per heavy atom. The lowest BCUT2D eigenvalue weighted by atomic mass is 10.1. The fourth-order valence-electron chi connectivity index (χ4n) is 2.37. The van der Waals surface area contributed by atoms with Crippen molar-refractivity contribution in [1.82, 2.24) is 4.98 Å². The van der Waals surface area contributed by atoms with Gasteiger partial charge in [-0.3, -0.25) is 14.9 Å². The van der Waals surface area contributed by atoms with Crippen LogP contribution in [-0.4, -0.2) is 22.3 Å². The molecule has 2 amide bonds. The van der Waals surface area contributed by atoms with E-state index in [0.717, 1.165) is 5.56 Å². The molecule has 0 spiro atoms. The summed E-state index contributed by atoms with van der Waals surface area (Å²) in [5.74, 6) is -0.628. The smallest absolute Gasteiger partial charge is 0.326 e. The van der Waals surface area contributed by atoms with Crippen LogP contribution < -0.4 is 10.6 Å². The van der Waals surface area contributed by atoms with Crippen LogP contribution in [0.2, 0.25) is 0 Å². The largest absolute Gasteiger partial charge is 0.446 e. The number of rotatable bonds is 5. The number of anilines is 2. The summed E-state index contributed by atoms with van der Waals surface area (Å²) in [6, 6.07) is 12.2. The molecule has 0 saturated heterocycles. The summed E-state index contributed by atoms with van der Waals surface area (Å²) in [4.78, 5) is 27.7. The minimum Gasteiger partial charge on any atom is -0.326 e. The number of nitrogens with zero attached hydrogens (tertiary/aromatic N) is 1. The molecule has 0 atom stereocenters. The Kier molecular flexibility index (Phi) is 6.23. The van der Waals surface area contributed by atoms with E-state index in [0.29, 0.717) is 16.5 Å². The molecule has 10 heteroatoms. The predicted molar refractivity (Wildman–Crippen MR) is 108 cm³/mol. The average molecular weight is 437 g/mol. The molecule has 0 bridgehead atoms. The summed E-state index contributed by atoms with van der Waals surface area (Å²) in [6.07, 6.45) is 0. The zero-order chi connectivity index (χ0) is 21.0. The minimum atomic E-state index is -4.37. The van der Waals surface area contributed by atoms with Crippen molar-refractivity contribution in [1.29, 1.82) is 0 Å². The fraction of sp³-hybridized carbons (Fsp3) is 0.105. The molecule has 5 nitrogen and oxygen atoms in total. The van der Waals surface area contributed by atoms with Gasteiger partial charge >= 0.3 is 5.51 Å². The first-order chi connectivity index (χ1) is 13.7. The van der Waals surface area contributed by atoms with Gasteiger partial charge in [-0.25, -0.2) is 4.98 Å². The molecule has 2 aromatic carbocycles. The van der Waals surface area contributed by atoms with Gasteiger partial charge in [0, 0.05) is 34.0 Å². The van der Waals surface area contributed by atoms with Gasteiger partial charge in [-0.2, -0.15) is 13.2 Å². The Morgan fingerprint density at radius 2 is 1.66 bits per heavy atom. The van der Waals surface area contributed by atoms with Gasteiger partial charge < -0.3 is 5.32 Å². The van der Waals surface area contributed by atoms with Crippen LogP contribution in [0, 0.1) is 0 Å². The van der Waals surface area contributed by atoms with Gasteiger partial charge in [-0.05, 0) is 48.2 Å². The van der Waals surface area contributed by atoms with E-state index in [1.54, 1.807) is 29.6 Å². The third-order valence-electron chi connectivity index (χ3n) is 3.58. The highest BCUT2D eigenvalue weighted by atomic mass is 32.2. The van der Waals surface area contributed by atoms with Crippen LogP contribution in [0.1, 0.15) is 17.3 Å². The summed E-state index contributed by atoms with van der Waals surface area (Å²) >= 11 is 0.993. The summed E-state index contributed by atoms with van der Waals surface area (Å²) in [5, 5.41) is 7.44. The molecule has 29 heavy (non-hydrogen) atoms. The molecule has 0 aliphatic carbocycles. The number of thiazole rings is 1. The molecule has 150 valence electrons. The maximum atomic E-state index is 12.4. The SMILES string of the molecule is CC(=O)Nc1ccc(-c2csc(NC(=O)c3ccc(SC(F)(F)F)cc3)n2)cc1. The Morgan fingerprint density at radius 3 is 2.24 bits per heavy atom. The number of halogens is 3. The number of thioether (sulfide) groups is 1. The Bertz CT molecular complexity index is 1020. The van der Waals surface area contributed by atoms with Crippen LogP contribution in [0.4, 0.5) is 24.0 Å². The zero-order valence-corrected chi connectivity index (χ0v) is 16.5. The quantitative estimate of drug-likeness (QED) is 0.508. The zero-order valence-electron chi connectivity index (χ0n) is 14.9. The van der Waals surface area contributed by atoms with E-state index in [2.05, 4.69) is 15.6 Å². The highest BCUT2D eigenvalue weighted by molar-refractivity contribution is 8.00. The van der Waals surface area contributed by atoms with E-state index in [9.17, 15) is 22.8 Å². The lowest BCUT2D eigenvalue weighted by Gasteiger charge is -2.06. The van der Waals surface area contributed by atoms with Crippen LogP contribution in [-0.2, 0) is 4.79 Å². The molecule has 1 aromatic heterocycles. The number of nitrogens with one attached hydrogen (secondary N) is 2. The van der Waals surface area contributed by atoms with E-state index in [4.69, 9.17) is 0 Å². The van der Waals surface area contributed by atoms with E-state index in [1.165, 1.54) is 42.5 Å². The number of amides is 2. The van der Waals surface area contributed by atoms with Gasteiger partial charge in [0.1, 0.15) is 0 Å². The molecule has 1 heterocycles. The van der Waals surface area contributed by atoms with Crippen molar-refractivity contribution in [2.45, 2.75) is 17.3 Å². The third-order valence-corrected chi connectivity index (χ3v) is 5.07. The third kappa shape index (κ3) is 6.06. The monoisotopic (exact) mass is 437 g/mol. The Hall–Kier alpha value is -2.85. The van der Waals surface area contributed by atoms with E-state index in [-0.39, 0.29) is 28.1 Å². The average Bonchev–Trinajstić information content (AvgIpc) is 3.09. The van der Waals surface area contributed by atoms with Crippen LogP contribution >= 0.6 is 23.1 Å². The first-order valence-corrected chi connectivity index (χ1v) is 9.90. The molecule has 0 fully saturated rings. The standard InChI is InChI=1S/C19H14F3N3O2S2/c1-11(26)23-14-6-2-12(3-7-14)16-10-28-18(24-16)25-17(27)13-4-8-15(9-5-13)29-19(20,21)22/h2-10H,1H3,(H,23,26)(H,24,25,27). The maximum absolute atomic E-state index is 12.4. The second kappa shape index (κ2) is 8.66. The van der Waals surface area contributed by atoms with Gasteiger partial charge in [-0.1, -0.05) is 12.1 Å². The van der Waals surface area contributed by atoms with Crippen LogP contribution in [0.25, 0.3) is 11.3 Å². The minimum absolute atomic E-state index is 0.00768. The van der Waals surface area contributed by atoms with Crippen molar-refractivity contribution in [3.8, 4) is 11.3 Å². The number of hydrogen-bond donors (Lipinski definition) is 2. The second-order valence-corrected chi connectivity index (χ2v) is 7.82. The van der Waals surface area contributed by atoms with Crippen LogP contribution in [0.3, 0.4) is 0 Å². The first kappa shape index (κ1) is 20.9. The van der Waals surface area contributed by atoms with Crippen LogP contribution in [0.5, 0.6) is 0 Å². The second-order valence-electron chi connectivity index (χ2n) is 5.82. The number of alkyl halides is 3. The van der Waals surface area contributed by atoms with Crippen molar-refractivity contribution in [2.24, 2.45) is 0 Å². The van der Waals surface area contributed by atoms with Gasteiger partial charge in [0.15, 0.2) is 5.13 Å². The molecular weight excluding hydrogens is 423 g/mol. The molecule has 0 saturated carbocycles. The molecule has 2 N–H and O–H groups in total. The van der Waals surface area contributed by atoms with E-state index >= 15 is 0 Å². The number of carbonyl (C=O) groups excluding carboxylic acids is 2. The van der Waals surface area contributed by atoms with Gasteiger partial charge in [-0.15, -0.1) is 11.3 Å². The molecule has 0 radical (unpaired) electrons. The number of carbonyl (C=O) groups is 2. The Labute approximate surface area is 172 Å². The predicted octanol–water partition coefficient (Wildman–Crippen LogP) is 5.63. The van der Waals surface area contributed by atoms with Crippen molar-refractivity contribution in [2.75, 3.05) is 10.6 Å². The van der Waals surface area contributed by atoms with Crippen molar-refractivity contribution in [3.63, 3.8) is 0 Å². The summed E-state index contributed by atoms with van der Waals surface area (Å²) in [7, 11) is 0. The highest BCUT2D eigenvalue weighted by Crippen LogP contribution is 2.36. The van der Waals surface area contributed by atoms with E-state index < -0.39 is 11.4 Å². The van der Waals surface area contributed by atoms with Gasteiger partial charge in [0.05, 0.1) is 5.69 Å². The van der Waals surface area contributed by atoms with Crippen LogP contribution in [0.15, 0.2) is 58.8 Å². The molecule has 3 aromatic rings. The number of hydrogen-bond acceptors (Lipinski definition) is 5. The fourth-order valence-corrected chi connectivity index (χ4v) is 3.62. The first-order valence-electron chi connectivity index (χ1n) is 8.20. The maximum Gasteiger partial charge on any atom is 0.446 e. The molecule has 0 unspecified atom stereocenters. The van der Waals surface area contributed by atoms with E-state index in [1.807, 2.05) is 0 Å². The normalized spacial score (nSPS) is 11.2. The molecule has 0 aliphatic rings. The van der Waals surface area contributed by atoms with Crippen molar-refractivity contribution < 1.29 is 22.8 Å². The molecule has 0 aliphatic heterocycles. The topological polar surface area (TPSA) is 71.1 Å². The molecule has 3 rings (SSSR count). The summed E-state index contributed by atoms with van der Waals surface area (Å²) < 4.78 is 37.1. The summed E-state index contributed by atoms with van der Waals surface area (Å²) in [5.41, 5.74) is -2.02. The highest BCUT2D eigenvalue weighted by Gasteiger charge is 2.29. The van der Waals surface area contributed by atoms with Crippen molar-refractivity contribution in [3.05, 3.63) is 59.5 Å². The molecular formula is C19H14F3N3O2S2. The Balaban J connectivity index is 1.65. The number of benzene rings is 2. The lowest BCUT2D eigenvalue weighted by Crippen LogP contribution is -2.11.